The number of carbonyl (C=O) groups is 1. The highest BCUT2D eigenvalue weighted by molar-refractivity contribution is 7.99. The number of amides is 1. The summed E-state index contributed by atoms with van der Waals surface area (Å²) in [4.78, 5) is 13.1. The number of hydrogen-bond acceptors (Lipinski definition) is 2. The van der Waals surface area contributed by atoms with Crippen LogP contribution < -0.4 is 5.32 Å². The van der Waals surface area contributed by atoms with E-state index < -0.39 is 0 Å². The second-order valence-corrected chi connectivity index (χ2v) is 6.03. The molecule has 1 aliphatic rings. The Morgan fingerprint density at radius 2 is 1.84 bits per heavy atom. The van der Waals surface area contributed by atoms with E-state index in [9.17, 15) is 4.79 Å². The van der Waals surface area contributed by atoms with Crippen LogP contribution in [0.1, 0.15) is 17.2 Å². The van der Waals surface area contributed by atoms with E-state index in [4.69, 9.17) is 11.6 Å². The van der Waals surface area contributed by atoms with E-state index in [1.807, 2.05) is 48.5 Å². The van der Waals surface area contributed by atoms with Gasteiger partial charge < -0.3 is 5.32 Å². The molecule has 0 unspecified atom stereocenters. The summed E-state index contributed by atoms with van der Waals surface area (Å²) in [7, 11) is 0. The SMILES string of the molecule is O=C1C[C@@H](c2ccccc2Cl)Sc2ccccc2N1. The lowest BCUT2D eigenvalue weighted by molar-refractivity contribution is -0.116. The van der Waals surface area contributed by atoms with Gasteiger partial charge in [-0.3, -0.25) is 4.79 Å². The van der Waals surface area contributed by atoms with E-state index in [0.29, 0.717) is 11.4 Å². The number of benzene rings is 2. The maximum absolute atomic E-state index is 12.0. The van der Waals surface area contributed by atoms with Crippen molar-refractivity contribution in [1.29, 1.82) is 0 Å². The van der Waals surface area contributed by atoms with Crippen molar-refractivity contribution in [2.24, 2.45) is 0 Å². The number of hydrogen-bond donors (Lipinski definition) is 1. The summed E-state index contributed by atoms with van der Waals surface area (Å²) in [5.41, 5.74) is 1.90. The molecule has 0 saturated heterocycles. The van der Waals surface area contributed by atoms with E-state index in [0.717, 1.165) is 16.1 Å². The van der Waals surface area contributed by atoms with Gasteiger partial charge in [-0.2, -0.15) is 0 Å². The van der Waals surface area contributed by atoms with Gasteiger partial charge in [0.1, 0.15) is 0 Å². The third-order valence-electron chi connectivity index (χ3n) is 3.05. The summed E-state index contributed by atoms with van der Waals surface area (Å²) in [6, 6.07) is 15.6. The first-order valence-corrected chi connectivity index (χ1v) is 7.30. The molecule has 0 radical (unpaired) electrons. The van der Waals surface area contributed by atoms with Crippen LogP contribution in [0, 0.1) is 0 Å². The molecular formula is C15H12ClNOS. The van der Waals surface area contributed by atoms with Gasteiger partial charge in [0, 0.05) is 21.6 Å². The molecule has 1 aliphatic heterocycles. The van der Waals surface area contributed by atoms with E-state index >= 15 is 0 Å². The number of fused-ring (bicyclic) bond motifs is 1. The molecular weight excluding hydrogens is 278 g/mol. The number of para-hydroxylation sites is 1. The van der Waals surface area contributed by atoms with Crippen molar-refractivity contribution in [1.82, 2.24) is 0 Å². The van der Waals surface area contributed by atoms with Crippen LogP contribution in [0.25, 0.3) is 0 Å². The molecule has 2 aromatic carbocycles. The second-order valence-electron chi connectivity index (χ2n) is 4.38. The quantitative estimate of drug-likeness (QED) is 0.836. The zero-order valence-electron chi connectivity index (χ0n) is 10.1. The highest BCUT2D eigenvalue weighted by Gasteiger charge is 2.24. The van der Waals surface area contributed by atoms with E-state index in [1.54, 1.807) is 11.8 Å². The number of carbonyl (C=O) groups excluding carboxylic acids is 1. The second kappa shape index (κ2) is 5.27. The number of anilines is 1. The van der Waals surface area contributed by atoms with Gasteiger partial charge in [-0.15, -0.1) is 11.8 Å². The van der Waals surface area contributed by atoms with Crippen LogP contribution in [0.15, 0.2) is 53.4 Å². The van der Waals surface area contributed by atoms with E-state index in [1.165, 1.54) is 0 Å². The minimum atomic E-state index is 0.0300. The Hall–Kier alpha value is -1.45. The first-order valence-electron chi connectivity index (χ1n) is 6.04. The molecule has 96 valence electrons. The van der Waals surface area contributed by atoms with Gasteiger partial charge in [-0.05, 0) is 23.8 Å². The van der Waals surface area contributed by atoms with Crippen LogP contribution in [0.5, 0.6) is 0 Å². The van der Waals surface area contributed by atoms with Gasteiger partial charge in [-0.25, -0.2) is 0 Å². The number of halogens is 1. The zero-order valence-corrected chi connectivity index (χ0v) is 11.7. The molecule has 1 N–H and O–H groups in total. The van der Waals surface area contributed by atoms with Crippen LogP contribution in [0.3, 0.4) is 0 Å². The predicted octanol–water partition coefficient (Wildman–Crippen LogP) is 4.52. The normalized spacial score (nSPS) is 18.4. The van der Waals surface area contributed by atoms with Crippen LogP contribution in [-0.2, 0) is 4.79 Å². The van der Waals surface area contributed by atoms with Gasteiger partial charge in [0.25, 0.3) is 0 Å². The number of thioether (sulfide) groups is 1. The molecule has 0 saturated carbocycles. The van der Waals surface area contributed by atoms with Crippen molar-refractivity contribution in [3.8, 4) is 0 Å². The lowest BCUT2D eigenvalue weighted by atomic mass is 10.1. The Morgan fingerprint density at radius 1 is 1.11 bits per heavy atom. The van der Waals surface area contributed by atoms with E-state index in [2.05, 4.69) is 5.32 Å². The first kappa shape index (κ1) is 12.6. The third-order valence-corrected chi connectivity index (χ3v) is 4.71. The van der Waals surface area contributed by atoms with Gasteiger partial charge in [0.2, 0.25) is 5.91 Å². The molecule has 4 heteroatoms. The van der Waals surface area contributed by atoms with Gasteiger partial charge in [0.15, 0.2) is 0 Å². The topological polar surface area (TPSA) is 29.1 Å². The smallest absolute Gasteiger partial charge is 0.225 e. The Kier molecular flexibility index (Phi) is 3.49. The van der Waals surface area contributed by atoms with E-state index in [-0.39, 0.29) is 11.2 Å². The Labute approximate surface area is 121 Å². The van der Waals surface area contributed by atoms with Gasteiger partial charge >= 0.3 is 0 Å². The average molecular weight is 290 g/mol. The summed E-state index contributed by atoms with van der Waals surface area (Å²) in [5.74, 6) is 0.0300. The van der Waals surface area contributed by atoms with Crippen molar-refractivity contribution < 1.29 is 4.79 Å². The maximum Gasteiger partial charge on any atom is 0.225 e. The zero-order chi connectivity index (χ0) is 13.2. The monoisotopic (exact) mass is 289 g/mol. The largest absolute Gasteiger partial charge is 0.325 e. The molecule has 0 aliphatic carbocycles. The molecule has 2 aromatic rings. The highest BCUT2D eigenvalue weighted by Crippen LogP contribution is 2.45. The highest BCUT2D eigenvalue weighted by atomic mass is 35.5. The molecule has 2 nitrogen and oxygen atoms in total. The minimum absolute atomic E-state index is 0.0300. The lowest BCUT2D eigenvalue weighted by Crippen LogP contribution is -2.12. The lowest BCUT2D eigenvalue weighted by Gasteiger charge is -2.14. The van der Waals surface area contributed by atoms with Crippen molar-refractivity contribution in [3.63, 3.8) is 0 Å². The molecule has 1 atom stereocenters. The van der Waals surface area contributed by atoms with Gasteiger partial charge in [0.05, 0.1) is 5.69 Å². The fourth-order valence-electron chi connectivity index (χ4n) is 2.15. The number of nitrogens with one attached hydrogen (secondary N) is 1. The fraction of sp³-hybridized carbons (Fsp3) is 0.133. The van der Waals surface area contributed by atoms with Gasteiger partial charge in [-0.1, -0.05) is 41.9 Å². The van der Waals surface area contributed by atoms with Crippen LogP contribution >= 0.6 is 23.4 Å². The summed E-state index contributed by atoms with van der Waals surface area (Å²) in [5, 5.41) is 3.71. The molecule has 0 aromatic heterocycles. The van der Waals surface area contributed by atoms with Crippen molar-refractivity contribution in [2.75, 3.05) is 5.32 Å². The summed E-state index contributed by atoms with van der Waals surface area (Å²) >= 11 is 7.92. The molecule has 0 bridgehead atoms. The Bertz CT molecular complexity index is 629. The fourth-order valence-corrected chi connectivity index (χ4v) is 3.76. The first-order chi connectivity index (χ1) is 9.24. The minimum Gasteiger partial charge on any atom is -0.325 e. The molecule has 0 fully saturated rings. The molecule has 19 heavy (non-hydrogen) atoms. The van der Waals surface area contributed by atoms with Crippen molar-refractivity contribution >= 4 is 35.0 Å². The summed E-state index contributed by atoms with van der Waals surface area (Å²) < 4.78 is 0. The van der Waals surface area contributed by atoms with Crippen molar-refractivity contribution in [2.45, 2.75) is 16.6 Å². The molecule has 0 spiro atoms. The molecule has 1 heterocycles. The maximum atomic E-state index is 12.0. The number of rotatable bonds is 1. The standard InChI is InChI=1S/C15H12ClNOS/c16-11-6-2-1-5-10(11)14-9-15(18)17-12-7-3-4-8-13(12)19-14/h1-8,14H,9H2,(H,17,18)/t14-/m0/s1. The summed E-state index contributed by atoms with van der Waals surface area (Å²) in [6.07, 6.45) is 0.434. The van der Waals surface area contributed by atoms with Crippen LogP contribution in [0.2, 0.25) is 5.02 Å². The molecule has 1 amide bonds. The molecule has 3 rings (SSSR count). The predicted molar refractivity (Wildman–Crippen MR) is 79.7 cm³/mol. The average Bonchev–Trinajstić information content (AvgIpc) is 2.57. The third kappa shape index (κ3) is 2.62. The van der Waals surface area contributed by atoms with Crippen LogP contribution in [-0.4, -0.2) is 5.91 Å². The Balaban J connectivity index is 2.01. The van der Waals surface area contributed by atoms with Crippen molar-refractivity contribution in [3.05, 3.63) is 59.1 Å². The van der Waals surface area contributed by atoms with Crippen LogP contribution in [0.4, 0.5) is 5.69 Å². The Morgan fingerprint density at radius 3 is 2.68 bits per heavy atom. The summed E-state index contributed by atoms with van der Waals surface area (Å²) in [6.45, 7) is 0.